The quantitative estimate of drug-likeness (QED) is 0.443. The molecule has 0 radical (unpaired) electrons. The minimum absolute atomic E-state index is 0.436. The molecular weight excluding hydrogens is 140 g/mol. The fraction of sp³-hybridized carbons (Fsp3) is 0.625. The maximum absolute atomic E-state index is 10.2. The Bertz CT molecular complexity index is 123. The topological polar surface area (TPSA) is 55.1 Å². The maximum Gasteiger partial charge on any atom is 0.312 e. The van der Waals surface area contributed by atoms with Crippen molar-refractivity contribution in [1.82, 2.24) is 5.32 Å². The van der Waals surface area contributed by atoms with E-state index >= 15 is 0 Å². The van der Waals surface area contributed by atoms with Gasteiger partial charge in [0.15, 0.2) is 0 Å². The number of rotatable bonds is 6. The Labute approximate surface area is 67.7 Å². The lowest BCUT2D eigenvalue weighted by Crippen LogP contribution is -2.29. The number of carbonyl (C=O) groups is 1. The highest BCUT2D eigenvalue weighted by Crippen LogP contribution is 1.98. The first kappa shape index (κ1) is 10.0. The van der Waals surface area contributed by atoms with E-state index in [0.29, 0.717) is 6.54 Å². The van der Waals surface area contributed by atoms with Crippen molar-refractivity contribution in [2.24, 2.45) is 5.73 Å². The number of unbranched alkanes of at least 4 members (excludes halogenated alkanes) is 3. The van der Waals surface area contributed by atoms with Crippen LogP contribution in [0.1, 0.15) is 25.7 Å². The molecule has 0 spiro atoms. The van der Waals surface area contributed by atoms with Crippen LogP contribution in [0.15, 0.2) is 12.7 Å². The highest BCUT2D eigenvalue weighted by atomic mass is 16.2. The van der Waals surface area contributed by atoms with E-state index < -0.39 is 6.03 Å². The molecule has 3 heteroatoms. The average molecular weight is 156 g/mol. The van der Waals surface area contributed by atoms with Crippen LogP contribution < -0.4 is 11.1 Å². The summed E-state index contributed by atoms with van der Waals surface area (Å²) in [6.07, 6.45) is 6.21. The highest BCUT2D eigenvalue weighted by molar-refractivity contribution is 5.71. The average Bonchev–Trinajstić information content (AvgIpc) is 1.96. The summed E-state index contributed by atoms with van der Waals surface area (Å²) in [5.74, 6) is 0. The van der Waals surface area contributed by atoms with E-state index in [1.54, 1.807) is 0 Å². The zero-order valence-electron chi connectivity index (χ0n) is 6.81. The Balaban J connectivity index is 2.90. The predicted octanol–water partition coefficient (Wildman–Crippen LogP) is 1.40. The molecule has 3 nitrogen and oxygen atoms in total. The molecule has 0 aromatic rings. The van der Waals surface area contributed by atoms with Gasteiger partial charge in [-0.1, -0.05) is 12.5 Å². The van der Waals surface area contributed by atoms with Crippen molar-refractivity contribution in [2.75, 3.05) is 6.54 Å². The molecule has 0 unspecified atom stereocenters. The van der Waals surface area contributed by atoms with Crippen molar-refractivity contribution in [3.8, 4) is 0 Å². The number of urea groups is 1. The number of hydrogen-bond acceptors (Lipinski definition) is 1. The normalized spacial score (nSPS) is 9.09. The number of allylic oxidation sites excluding steroid dienone is 1. The molecule has 0 aromatic heterocycles. The fourth-order valence-electron chi connectivity index (χ4n) is 0.802. The first-order valence-electron chi connectivity index (χ1n) is 3.91. The molecule has 0 saturated heterocycles. The number of nitrogens with one attached hydrogen (secondary N) is 1. The van der Waals surface area contributed by atoms with Crippen LogP contribution in [0.25, 0.3) is 0 Å². The van der Waals surface area contributed by atoms with Gasteiger partial charge in [-0.3, -0.25) is 0 Å². The molecule has 3 N–H and O–H groups in total. The molecule has 0 saturated carbocycles. The molecular formula is C8H16N2O. The minimum atomic E-state index is -0.436. The lowest BCUT2D eigenvalue weighted by molar-refractivity contribution is 0.248. The van der Waals surface area contributed by atoms with Crippen LogP contribution in [-0.4, -0.2) is 12.6 Å². The van der Waals surface area contributed by atoms with E-state index in [-0.39, 0.29) is 0 Å². The molecule has 0 aliphatic heterocycles. The molecule has 0 aliphatic carbocycles. The summed E-state index contributed by atoms with van der Waals surface area (Å²) in [6.45, 7) is 4.30. The molecule has 0 atom stereocenters. The van der Waals surface area contributed by atoms with Gasteiger partial charge < -0.3 is 11.1 Å². The molecule has 0 aromatic carbocycles. The summed E-state index contributed by atoms with van der Waals surface area (Å²) >= 11 is 0. The SMILES string of the molecule is C=CCCCCCNC(N)=O. The third kappa shape index (κ3) is 9.01. The third-order valence-corrected chi connectivity index (χ3v) is 1.38. The van der Waals surface area contributed by atoms with Gasteiger partial charge in [0.1, 0.15) is 0 Å². The van der Waals surface area contributed by atoms with Crippen LogP contribution in [0.3, 0.4) is 0 Å². The van der Waals surface area contributed by atoms with Gasteiger partial charge in [-0.25, -0.2) is 4.79 Å². The van der Waals surface area contributed by atoms with Crippen molar-refractivity contribution in [2.45, 2.75) is 25.7 Å². The summed E-state index contributed by atoms with van der Waals surface area (Å²) in [5.41, 5.74) is 4.87. The molecule has 11 heavy (non-hydrogen) atoms. The summed E-state index contributed by atoms with van der Waals surface area (Å²) in [4.78, 5) is 10.2. The second-order valence-corrected chi connectivity index (χ2v) is 2.43. The third-order valence-electron chi connectivity index (χ3n) is 1.38. The summed E-state index contributed by atoms with van der Waals surface area (Å²) in [5, 5.41) is 2.54. The lowest BCUT2D eigenvalue weighted by Gasteiger charge is -1.99. The van der Waals surface area contributed by atoms with Gasteiger partial charge in [-0.15, -0.1) is 6.58 Å². The van der Waals surface area contributed by atoms with Gasteiger partial charge in [-0.05, 0) is 19.3 Å². The molecule has 64 valence electrons. The Morgan fingerprint density at radius 1 is 1.45 bits per heavy atom. The molecule has 0 rings (SSSR count). The van der Waals surface area contributed by atoms with Crippen LogP contribution in [0.5, 0.6) is 0 Å². The predicted molar refractivity (Wildman–Crippen MR) is 46.3 cm³/mol. The zero-order chi connectivity index (χ0) is 8.53. The summed E-state index contributed by atoms with van der Waals surface area (Å²) in [7, 11) is 0. The zero-order valence-corrected chi connectivity index (χ0v) is 6.81. The number of hydrogen-bond donors (Lipinski definition) is 2. The van der Waals surface area contributed by atoms with Gasteiger partial charge in [0.05, 0.1) is 0 Å². The van der Waals surface area contributed by atoms with Crippen LogP contribution >= 0.6 is 0 Å². The Morgan fingerprint density at radius 3 is 2.73 bits per heavy atom. The molecule has 0 bridgehead atoms. The first-order valence-corrected chi connectivity index (χ1v) is 3.91. The van der Waals surface area contributed by atoms with Gasteiger partial charge in [0.2, 0.25) is 0 Å². The lowest BCUT2D eigenvalue weighted by atomic mass is 10.2. The second-order valence-electron chi connectivity index (χ2n) is 2.43. The van der Waals surface area contributed by atoms with Gasteiger partial charge in [-0.2, -0.15) is 0 Å². The second kappa shape index (κ2) is 7.12. The van der Waals surface area contributed by atoms with Gasteiger partial charge in [0, 0.05) is 6.54 Å². The molecule has 0 fully saturated rings. The molecule has 2 amide bonds. The van der Waals surface area contributed by atoms with Crippen molar-refractivity contribution in [1.29, 1.82) is 0 Å². The standard InChI is InChI=1S/C8H16N2O/c1-2-3-4-5-6-7-10-8(9)11/h2H,1,3-7H2,(H3,9,10,11). The number of carbonyl (C=O) groups excluding carboxylic acids is 1. The number of nitrogens with two attached hydrogens (primary N) is 1. The fourth-order valence-corrected chi connectivity index (χ4v) is 0.802. The van der Waals surface area contributed by atoms with E-state index in [9.17, 15) is 4.79 Å². The van der Waals surface area contributed by atoms with Crippen molar-refractivity contribution < 1.29 is 4.79 Å². The van der Waals surface area contributed by atoms with E-state index in [4.69, 9.17) is 5.73 Å². The van der Waals surface area contributed by atoms with Crippen LogP contribution in [0, 0.1) is 0 Å². The first-order chi connectivity index (χ1) is 5.27. The molecule has 0 heterocycles. The summed E-state index contributed by atoms with van der Waals surface area (Å²) < 4.78 is 0. The smallest absolute Gasteiger partial charge is 0.312 e. The van der Waals surface area contributed by atoms with E-state index in [0.717, 1.165) is 25.7 Å². The van der Waals surface area contributed by atoms with Crippen LogP contribution in [0.2, 0.25) is 0 Å². The van der Waals surface area contributed by atoms with Crippen molar-refractivity contribution >= 4 is 6.03 Å². The minimum Gasteiger partial charge on any atom is -0.352 e. The van der Waals surface area contributed by atoms with Crippen LogP contribution in [0.4, 0.5) is 4.79 Å². The Hall–Kier alpha value is -0.990. The molecule has 0 aliphatic rings. The monoisotopic (exact) mass is 156 g/mol. The number of amides is 2. The van der Waals surface area contributed by atoms with Gasteiger partial charge in [0.25, 0.3) is 0 Å². The van der Waals surface area contributed by atoms with Gasteiger partial charge >= 0.3 is 6.03 Å². The Kier molecular flexibility index (Phi) is 6.48. The van der Waals surface area contributed by atoms with E-state index in [1.807, 2.05) is 6.08 Å². The van der Waals surface area contributed by atoms with Crippen molar-refractivity contribution in [3.05, 3.63) is 12.7 Å². The van der Waals surface area contributed by atoms with Crippen molar-refractivity contribution in [3.63, 3.8) is 0 Å². The van der Waals surface area contributed by atoms with Crippen LogP contribution in [-0.2, 0) is 0 Å². The number of primary amides is 1. The maximum atomic E-state index is 10.2. The van der Waals surface area contributed by atoms with E-state index in [1.165, 1.54) is 0 Å². The summed E-state index contributed by atoms with van der Waals surface area (Å²) in [6, 6.07) is -0.436. The largest absolute Gasteiger partial charge is 0.352 e. The van der Waals surface area contributed by atoms with E-state index in [2.05, 4.69) is 11.9 Å². The Morgan fingerprint density at radius 2 is 2.18 bits per heavy atom. The highest BCUT2D eigenvalue weighted by Gasteiger charge is 1.90.